The molecule has 2 aromatic heterocycles. The first-order valence-electron chi connectivity index (χ1n) is 19.8. The van der Waals surface area contributed by atoms with Gasteiger partial charge in [0.05, 0.1) is 6.10 Å². The number of ether oxygens (including phenoxy) is 1. The van der Waals surface area contributed by atoms with Crippen molar-refractivity contribution in [1.82, 2.24) is 41.6 Å². The van der Waals surface area contributed by atoms with Crippen LogP contribution in [0.25, 0.3) is 22.5 Å². The van der Waals surface area contributed by atoms with Crippen LogP contribution in [0.4, 0.5) is 10.5 Å². The predicted octanol–water partition coefficient (Wildman–Crippen LogP) is 5.27. The van der Waals surface area contributed by atoms with Crippen LogP contribution in [0.2, 0.25) is 0 Å². The van der Waals surface area contributed by atoms with Crippen molar-refractivity contribution >= 4 is 29.5 Å². The van der Waals surface area contributed by atoms with E-state index in [1.807, 2.05) is 58.0 Å². The molecule has 2 aliphatic carbocycles. The number of H-pyrrole nitrogens is 1. The number of carbonyl (C=O) groups excluding carboxylic acids is 4. The quantitative estimate of drug-likeness (QED) is 0.110. The number of aryl methyl sites for hydroxylation is 1. The number of pyridine rings is 1. The number of amides is 4. The van der Waals surface area contributed by atoms with Crippen LogP contribution in [0.1, 0.15) is 93.9 Å². The van der Waals surface area contributed by atoms with E-state index in [1.165, 1.54) is 0 Å². The highest BCUT2D eigenvalue weighted by Crippen LogP contribution is 2.29. The lowest BCUT2D eigenvalue weighted by atomic mass is 9.81. The van der Waals surface area contributed by atoms with Gasteiger partial charge in [0.2, 0.25) is 17.6 Å². The molecule has 0 aliphatic heterocycles. The van der Waals surface area contributed by atoms with E-state index in [0.29, 0.717) is 55.1 Å². The standard InChI is InChI=1S/C42H53N9O6/c1-25-34(21-22-35(44-25)39(54)45-32-17-19-33(52)20-18-32)28-9-5-26(6-10-28)23-36(40(55)46-31-15-13-29(14-16-31)37-48-50-51-49-37)47-38(53)30-11-7-27(8-12-30)24-43-41(56)57-42(2,3)4/h5-6,9-10,13-16,21-22,27,30,32-33,36,52H,7-8,11-12,17-20,23-24H2,1-4H3,(H,43,56)(H,45,54)(H,46,55)(H,47,53)(H,48,49,50,51)/t27?,30?,32?,33?,36-/m0/s1. The first-order chi connectivity index (χ1) is 27.3. The molecule has 0 saturated heterocycles. The highest BCUT2D eigenvalue weighted by molar-refractivity contribution is 5.98. The Morgan fingerprint density at radius 2 is 1.56 bits per heavy atom. The summed E-state index contributed by atoms with van der Waals surface area (Å²) in [5.74, 6) is -0.344. The number of tetrazole rings is 1. The zero-order valence-electron chi connectivity index (χ0n) is 33.0. The normalized spacial score (nSPS) is 20.2. The van der Waals surface area contributed by atoms with Crippen molar-refractivity contribution in [2.45, 2.75) is 109 Å². The number of aromatic nitrogens is 5. The highest BCUT2D eigenvalue weighted by atomic mass is 16.6. The van der Waals surface area contributed by atoms with Crippen LogP contribution >= 0.6 is 0 Å². The molecule has 6 rings (SSSR count). The molecule has 57 heavy (non-hydrogen) atoms. The minimum Gasteiger partial charge on any atom is -0.444 e. The fraction of sp³-hybridized carbons (Fsp3) is 0.476. The number of aliphatic hydroxyl groups is 1. The lowest BCUT2D eigenvalue weighted by Crippen LogP contribution is -2.48. The number of aromatic amines is 1. The molecule has 0 bridgehead atoms. The number of rotatable bonds is 12. The molecule has 302 valence electrons. The summed E-state index contributed by atoms with van der Waals surface area (Å²) in [5.41, 5.74) is 4.39. The molecule has 2 aromatic carbocycles. The van der Waals surface area contributed by atoms with Gasteiger partial charge in [0.1, 0.15) is 17.3 Å². The van der Waals surface area contributed by atoms with Crippen molar-refractivity contribution in [3.63, 3.8) is 0 Å². The van der Waals surface area contributed by atoms with E-state index in [4.69, 9.17) is 4.74 Å². The number of hydrogen-bond acceptors (Lipinski definition) is 10. The Morgan fingerprint density at radius 1 is 0.877 bits per heavy atom. The van der Waals surface area contributed by atoms with E-state index in [9.17, 15) is 24.3 Å². The van der Waals surface area contributed by atoms with Crippen LogP contribution in [-0.4, -0.2) is 84.9 Å². The maximum Gasteiger partial charge on any atom is 0.407 e. The molecule has 0 spiro atoms. The molecule has 15 heteroatoms. The van der Waals surface area contributed by atoms with Crippen molar-refractivity contribution < 1.29 is 29.0 Å². The van der Waals surface area contributed by atoms with Gasteiger partial charge in [-0.25, -0.2) is 9.78 Å². The van der Waals surface area contributed by atoms with Gasteiger partial charge in [-0.3, -0.25) is 14.4 Å². The summed E-state index contributed by atoms with van der Waals surface area (Å²) in [4.78, 5) is 57.2. The Morgan fingerprint density at radius 3 is 2.19 bits per heavy atom. The third kappa shape index (κ3) is 11.7. The third-order valence-electron chi connectivity index (χ3n) is 10.6. The molecule has 6 N–H and O–H groups in total. The number of carbonyl (C=O) groups is 4. The summed E-state index contributed by atoms with van der Waals surface area (Å²) in [6.07, 6.45) is 5.19. The number of nitrogens with one attached hydrogen (secondary N) is 5. The van der Waals surface area contributed by atoms with Crippen LogP contribution in [-0.2, 0) is 20.7 Å². The van der Waals surface area contributed by atoms with Gasteiger partial charge >= 0.3 is 6.09 Å². The average Bonchev–Trinajstić information content (AvgIpc) is 3.73. The molecule has 2 fully saturated rings. The number of aliphatic hydroxyl groups excluding tert-OH is 1. The largest absolute Gasteiger partial charge is 0.444 e. The Labute approximate surface area is 332 Å². The number of anilines is 1. The summed E-state index contributed by atoms with van der Waals surface area (Å²) in [6.45, 7) is 7.82. The number of hydrogen-bond donors (Lipinski definition) is 6. The summed E-state index contributed by atoms with van der Waals surface area (Å²) in [5, 5.41) is 35.7. The maximum atomic E-state index is 13.8. The fourth-order valence-corrected chi connectivity index (χ4v) is 7.41. The summed E-state index contributed by atoms with van der Waals surface area (Å²) in [6, 6.07) is 17.6. The van der Waals surface area contributed by atoms with Crippen molar-refractivity contribution in [3.05, 3.63) is 77.6 Å². The second kappa shape index (κ2) is 18.5. The zero-order valence-corrected chi connectivity index (χ0v) is 33.0. The highest BCUT2D eigenvalue weighted by Gasteiger charge is 2.30. The maximum absolute atomic E-state index is 13.8. The van der Waals surface area contributed by atoms with Gasteiger partial charge in [-0.2, -0.15) is 5.21 Å². The van der Waals surface area contributed by atoms with E-state index < -0.39 is 17.7 Å². The van der Waals surface area contributed by atoms with Crippen molar-refractivity contribution in [2.75, 3.05) is 11.9 Å². The van der Waals surface area contributed by atoms with E-state index in [1.54, 1.807) is 30.3 Å². The van der Waals surface area contributed by atoms with Gasteiger partial charge in [0.25, 0.3) is 5.91 Å². The van der Waals surface area contributed by atoms with Crippen LogP contribution in [0.3, 0.4) is 0 Å². The van der Waals surface area contributed by atoms with Gasteiger partial charge in [0, 0.05) is 47.4 Å². The summed E-state index contributed by atoms with van der Waals surface area (Å²) < 4.78 is 5.36. The van der Waals surface area contributed by atoms with Crippen molar-refractivity contribution in [3.8, 4) is 22.5 Å². The predicted molar refractivity (Wildman–Crippen MR) is 214 cm³/mol. The van der Waals surface area contributed by atoms with Gasteiger partial charge in [-0.15, -0.1) is 10.2 Å². The lowest BCUT2D eigenvalue weighted by molar-refractivity contribution is -0.130. The third-order valence-corrected chi connectivity index (χ3v) is 10.6. The fourth-order valence-electron chi connectivity index (χ4n) is 7.41. The van der Waals surface area contributed by atoms with Crippen LogP contribution < -0.4 is 21.3 Å². The zero-order chi connectivity index (χ0) is 40.5. The monoisotopic (exact) mass is 779 g/mol. The molecule has 2 heterocycles. The smallest absolute Gasteiger partial charge is 0.407 e. The van der Waals surface area contributed by atoms with Crippen molar-refractivity contribution in [2.24, 2.45) is 11.8 Å². The average molecular weight is 780 g/mol. The van der Waals surface area contributed by atoms with Crippen LogP contribution in [0.5, 0.6) is 0 Å². The molecule has 2 aliphatic rings. The lowest BCUT2D eigenvalue weighted by Gasteiger charge is -2.29. The number of nitrogens with zero attached hydrogens (tertiary/aromatic N) is 4. The number of alkyl carbamates (subject to hydrolysis) is 1. The van der Waals surface area contributed by atoms with Crippen LogP contribution in [0.15, 0.2) is 60.7 Å². The molecular formula is C42H53N9O6. The van der Waals surface area contributed by atoms with E-state index in [-0.39, 0.29) is 48.1 Å². The molecule has 0 unspecified atom stereocenters. The molecule has 4 amide bonds. The Bertz CT molecular complexity index is 1980. The van der Waals surface area contributed by atoms with Crippen molar-refractivity contribution in [1.29, 1.82) is 0 Å². The van der Waals surface area contributed by atoms with Gasteiger partial charge in [-0.05, 0) is 132 Å². The number of benzene rings is 2. The minimum atomic E-state index is -0.861. The van der Waals surface area contributed by atoms with E-state index in [2.05, 4.69) is 46.9 Å². The second-order valence-corrected chi connectivity index (χ2v) is 16.2. The summed E-state index contributed by atoms with van der Waals surface area (Å²) >= 11 is 0. The van der Waals surface area contributed by atoms with E-state index >= 15 is 0 Å². The molecule has 0 radical (unpaired) electrons. The van der Waals surface area contributed by atoms with Crippen LogP contribution in [0, 0.1) is 18.8 Å². The molecule has 15 nitrogen and oxygen atoms in total. The minimum absolute atomic E-state index is 0.0315. The SMILES string of the molecule is Cc1nc(C(=O)NC2CCC(O)CC2)ccc1-c1ccc(C[C@H](NC(=O)C2CCC(CNC(=O)OC(C)(C)C)CC2)C(=O)Nc2ccc(-c3nn[nH]n3)cc2)cc1. The Hall–Kier alpha value is -5.70. The molecule has 4 aromatic rings. The summed E-state index contributed by atoms with van der Waals surface area (Å²) in [7, 11) is 0. The Balaban J connectivity index is 1.10. The first-order valence-corrected chi connectivity index (χ1v) is 19.8. The molecule has 2 saturated carbocycles. The van der Waals surface area contributed by atoms with E-state index in [0.717, 1.165) is 47.9 Å². The van der Waals surface area contributed by atoms with Gasteiger partial charge < -0.3 is 31.1 Å². The first kappa shape index (κ1) is 40.9. The topological polar surface area (TPSA) is 213 Å². The molecule has 1 atom stereocenters. The van der Waals surface area contributed by atoms with Gasteiger partial charge in [-0.1, -0.05) is 30.3 Å². The molecular weight excluding hydrogens is 727 g/mol. The second-order valence-electron chi connectivity index (χ2n) is 16.2. The van der Waals surface area contributed by atoms with Gasteiger partial charge in [0.15, 0.2) is 0 Å². The Kier molecular flexibility index (Phi) is 13.3.